The molecule has 0 heterocycles. The van der Waals surface area contributed by atoms with Crippen LogP contribution in [0.3, 0.4) is 0 Å². The summed E-state index contributed by atoms with van der Waals surface area (Å²) < 4.78 is 70.8. The van der Waals surface area contributed by atoms with Crippen LogP contribution in [0, 0.1) is 0 Å². The number of alkyl halides is 6. The molecule has 0 bridgehead atoms. The van der Waals surface area contributed by atoms with Crippen molar-refractivity contribution in [2.24, 2.45) is 0 Å². The molecule has 0 aromatic heterocycles. The molecule has 19 heavy (non-hydrogen) atoms. The summed E-state index contributed by atoms with van der Waals surface area (Å²) in [6, 6.07) is 6.56. The molecule has 0 radical (unpaired) electrons. The second kappa shape index (κ2) is 6.08. The van der Waals surface area contributed by atoms with Crippen molar-refractivity contribution in [3.05, 3.63) is 35.9 Å². The maximum absolute atomic E-state index is 12.2. The van der Waals surface area contributed by atoms with E-state index in [-0.39, 0.29) is 5.56 Å². The smallest absolute Gasteiger partial charge is 0.292 e. The minimum atomic E-state index is -4.92. The fraction of sp³-hybridized carbons (Fsp3) is 0.300. The lowest BCUT2D eigenvalue weighted by molar-refractivity contribution is -0.0344. The van der Waals surface area contributed by atoms with Crippen LogP contribution in [-0.4, -0.2) is 21.4 Å². The van der Waals surface area contributed by atoms with Crippen molar-refractivity contribution in [3.8, 4) is 0 Å². The van der Waals surface area contributed by atoms with E-state index in [0.29, 0.717) is 0 Å². The lowest BCUT2D eigenvalue weighted by atomic mass is 10.1. The third-order valence-electron chi connectivity index (χ3n) is 1.75. The van der Waals surface area contributed by atoms with Gasteiger partial charge in [-0.1, -0.05) is 30.3 Å². The summed E-state index contributed by atoms with van der Waals surface area (Å²) >= 11 is -1.95. The molecule has 1 aromatic rings. The highest BCUT2D eigenvalue weighted by Gasteiger charge is 2.43. The first-order chi connectivity index (χ1) is 8.58. The Labute approximate surface area is 112 Å². The molecule has 0 unspecified atom stereocenters. The summed E-state index contributed by atoms with van der Waals surface area (Å²) in [5.41, 5.74) is -10.0. The average molecular weight is 320 g/mol. The molecule has 0 aliphatic rings. The van der Waals surface area contributed by atoms with Crippen molar-refractivity contribution in [1.29, 1.82) is 0 Å². The third kappa shape index (κ3) is 6.24. The molecule has 106 valence electrons. The molecule has 0 saturated heterocycles. The number of Topliss-reactive ketones (excluding diaryl/α,β-unsaturated/α-hetero) is 1. The Balaban J connectivity index is 2.93. The first-order valence-electron chi connectivity index (χ1n) is 4.67. The van der Waals surface area contributed by atoms with Crippen LogP contribution >= 0.6 is 23.5 Å². The fourth-order valence-electron chi connectivity index (χ4n) is 1.11. The maximum Gasteiger partial charge on any atom is 0.443 e. The van der Waals surface area contributed by atoms with Crippen molar-refractivity contribution < 1.29 is 31.1 Å². The molecule has 1 nitrogen and oxygen atoms in total. The molecule has 1 rings (SSSR count). The van der Waals surface area contributed by atoms with Gasteiger partial charge in [0.1, 0.15) is 4.58 Å². The maximum atomic E-state index is 12.2. The van der Waals surface area contributed by atoms with Gasteiger partial charge in [-0.25, -0.2) is 0 Å². The van der Waals surface area contributed by atoms with Crippen LogP contribution in [-0.2, 0) is 0 Å². The molecule has 0 fully saturated rings. The van der Waals surface area contributed by atoms with Gasteiger partial charge in [0.25, 0.3) is 0 Å². The van der Waals surface area contributed by atoms with Gasteiger partial charge in [-0.15, -0.1) is 0 Å². The molecule has 0 saturated carbocycles. The summed E-state index contributed by atoms with van der Waals surface area (Å²) in [4.78, 5) is 11.7. The van der Waals surface area contributed by atoms with Gasteiger partial charge in [0.05, 0.1) is 0 Å². The summed E-state index contributed by atoms with van der Waals surface area (Å²) in [6.07, 6.45) is 0. The molecule has 0 aliphatic heterocycles. The fourth-order valence-corrected chi connectivity index (χ4v) is 2.93. The van der Waals surface area contributed by atoms with Gasteiger partial charge in [-0.2, -0.15) is 26.3 Å². The minimum Gasteiger partial charge on any atom is -0.292 e. The zero-order valence-corrected chi connectivity index (χ0v) is 10.6. The highest BCUT2D eigenvalue weighted by Crippen LogP contribution is 2.46. The normalized spacial score (nSPS) is 12.8. The van der Waals surface area contributed by atoms with Gasteiger partial charge < -0.3 is 0 Å². The van der Waals surface area contributed by atoms with Crippen LogP contribution in [0.15, 0.2) is 30.3 Å². The number of hydrogen-bond acceptors (Lipinski definition) is 3. The Bertz CT molecular complexity index is 412. The van der Waals surface area contributed by atoms with Gasteiger partial charge >= 0.3 is 11.0 Å². The van der Waals surface area contributed by atoms with Gasteiger partial charge in [0.2, 0.25) is 0 Å². The van der Waals surface area contributed by atoms with E-state index in [9.17, 15) is 31.1 Å². The number of benzene rings is 1. The summed E-state index contributed by atoms with van der Waals surface area (Å²) in [5.74, 6) is -1.22. The van der Waals surface area contributed by atoms with Crippen molar-refractivity contribution in [2.45, 2.75) is 15.6 Å². The molecule has 0 atom stereocenters. The number of carbonyl (C=O) groups excluding carboxylic acids is 1. The first-order valence-corrected chi connectivity index (χ1v) is 6.43. The largest absolute Gasteiger partial charge is 0.443 e. The predicted molar refractivity (Wildman–Crippen MR) is 61.9 cm³/mol. The Kier molecular flexibility index (Phi) is 5.19. The quantitative estimate of drug-likeness (QED) is 0.455. The second-order valence-corrected chi connectivity index (χ2v) is 5.83. The highest BCUT2D eigenvalue weighted by atomic mass is 32.2. The van der Waals surface area contributed by atoms with Crippen molar-refractivity contribution in [1.82, 2.24) is 0 Å². The van der Waals surface area contributed by atoms with E-state index in [1.165, 1.54) is 30.3 Å². The van der Waals surface area contributed by atoms with Gasteiger partial charge in [-0.05, 0) is 23.5 Å². The predicted octanol–water partition coefficient (Wildman–Crippen LogP) is 4.70. The SMILES string of the molecule is O=C(c1ccccc1)C(SC(F)(F)F)SC(F)(F)F. The van der Waals surface area contributed by atoms with Crippen LogP contribution in [0.2, 0.25) is 0 Å². The Morgan fingerprint density at radius 2 is 1.32 bits per heavy atom. The zero-order valence-electron chi connectivity index (χ0n) is 8.96. The molecule has 0 amide bonds. The minimum absolute atomic E-state index is 0.194. The van der Waals surface area contributed by atoms with Crippen LogP contribution in [0.5, 0.6) is 0 Å². The summed E-state index contributed by atoms with van der Waals surface area (Å²) in [6.45, 7) is 0. The Morgan fingerprint density at radius 3 is 1.68 bits per heavy atom. The number of hydrogen-bond donors (Lipinski definition) is 0. The Hall–Kier alpha value is -0.830. The van der Waals surface area contributed by atoms with Crippen molar-refractivity contribution in [2.75, 3.05) is 0 Å². The van der Waals surface area contributed by atoms with Gasteiger partial charge in [0, 0.05) is 5.56 Å². The topological polar surface area (TPSA) is 17.1 Å². The molecule has 0 N–H and O–H groups in total. The number of thioether (sulfide) groups is 2. The van der Waals surface area contributed by atoms with E-state index in [1.807, 2.05) is 0 Å². The van der Waals surface area contributed by atoms with Gasteiger partial charge in [-0.3, -0.25) is 4.79 Å². The van der Waals surface area contributed by atoms with E-state index in [2.05, 4.69) is 0 Å². The first kappa shape index (κ1) is 16.2. The number of carbonyl (C=O) groups is 1. The van der Waals surface area contributed by atoms with Crippen LogP contribution in [0.25, 0.3) is 0 Å². The molecule has 0 aliphatic carbocycles. The van der Waals surface area contributed by atoms with Crippen LogP contribution in [0.1, 0.15) is 10.4 Å². The average Bonchev–Trinajstić information content (AvgIpc) is 2.24. The molecular formula is C10H6F6OS2. The van der Waals surface area contributed by atoms with Crippen LogP contribution < -0.4 is 0 Å². The van der Waals surface area contributed by atoms with E-state index < -0.39 is 44.9 Å². The zero-order chi connectivity index (χ0) is 14.7. The lowest BCUT2D eigenvalue weighted by Gasteiger charge is -2.17. The Morgan fingerprint density at radius 1 is 0.895 bits per heavy atom. The highest BCUT2D eigenvalue weighted by molar-refractivity contribution is 8.18. The molecular weight excluding hydrogens is 314 g/mol. The van der Waals surface area contributed by atoms with E-state index in [0.717, 1.165) is 0 Å². The van der Waals surface area contributed by atoms with E-state index in [1.54, 1.807) is 0 Å². The number of rotatable bonds is 4. The summed E-state index contributed by atoms with van der Waals surface area (Å²) in [5, 5.41) is 0. The lowest BCUT2D eigenvalue weighted by Crippen LogP contribution is -2.22. The van der Waals surface area contributed by atoms with Crippen LogP contribution in [0.4, 0.5) is 26.3 Å². The molecule has 1 aromatic carbocycles. The second-order valence-electron chi connectivity index (χ2n) is 3.19. The van der Waals surface area contributed by atoms with E-state index in [4.69, 9.17) is 0 Å². The summed E-state index contributed by atoms with van der Waals surface area (Å²) in [7, 11) is 0. The number of halogens is 6. The number of ketones is 1. The standard InChI is InChI=1S/C10H6F6OS2/c11-9(12,13)18-8(19-10(14,15)16)7(17)6-4-2-1-3-5-6/h1-5,8H. The monoisotopic (exact) mass is 320 g/mol. The van der Waals surface area contributed by atoms with Crippen molar-refractivity contribution >= 4 is 29.3 Å². The molecule has 9 heteroatoms. The third-order valence-corrected chi connectivity index (χ3v) is 3.72. The van der Waals surface area contributed by atoms with Crippen molar-refractivity contribution in [3.63, 3.8) is 0 Å². The van der Waals surface area contributed by atoms with Gasteiger partial charge in [0.15, 0.2) is 5.78 Å². The van der Waals surface area contributed by atoms with E-state index >= 15 is 0 Å². The molecule has 0 spiro atoms.